The summed E-state index contributed by atoms with van der Waals surface area (Å²) in [6.45, 7) is 2.07. The molecule has 0 radical (unpaired) electrons. The third kappa shape index (κ3) is 3.28. The Balaban J connectivity index is 1.59. The highest BCUT2D eigenvalue weighted by Gasteiger charge is 2.39. The van der Waals surface area contributed by atoms with Gasteiger partial charge in [0.1, 0.15) is 5.82 Å². The molecule has 4 rings (SSSR count). The molecule has 1 saturated carbocycles. The van der Waals surface area contributed by atoms with E-state index in [2.05, 4.69) is 41.3 Å². The highest BCUT2D eigenvalue weighted by atomic mass is 19.1. The Hall–Kier alpha value is -1.93. The lowest BCUT2D eigenvalue weighted by atomic mass is 9.74. The van der Waals surface area contributed by atoms with Crippen molar-refractivity contribution < 1.29 is 4.39 Å². The van der Waals surface area contributed by atoms with Gasteiger partial charge >= 0.3 is 0 Å². The second kappa shape index (κ2) is 7.13. The van der Waals surface area contributed by atoms with Gasteiger partial charge in [0.15, 0.2) is 0 Å². The molecule has 1 aliphatic heterocycles. The molecular formula is C23H26FN. The molecule has 1 aliphatic carbocycles. The molecule has 0 bridgehead atoms. The van der Waals surface area contributed by atoms with Crippen molar-refractivity contribution in [1.29, 1.82) is 0 Å². The molecule has 1 fully saturated rings. The maximum atomic E-state index is 13.2. The van der Waals surface area contributed by atoms with E-state index in [0.29, 0.717) is 0 Å². The summed E-state index contributed by atoms with van der Waals surface area (Å²) >= 11 is 0. The minimum atomic E-state index is -0.160. The normalized spacial score (nSPS) is 20.9. The van der Waals surface area contributed by atoms with Crippen molar-refractivity contribution in [2.75, 3.05) is 13.1 Å². The van der Waals surface area contributed by atoms with Gasteiger partial charge in [-0.25, -0.2) is 4.39 Å². The fourth-order valence-corrected chi connectivity index (χ4v) is 4.66. The molecule has 0 saturated heterocycles. The molecule has 2 aromatic carbocycles. The van der Waals surface area contributed by atoms with Gasteiger partial charge in [-0.1, -0.05) is 67.8 Å². The fourth-order valence-electron chi connectivity index (χ4n) is 4.66. The lowest BCUT2D eigenvalue weighted by molar-refractivity contribution is 0.0569. The SMILES string of the molecule is Fc1ccc(C2=CCN(C3(c4ccccc4)CCCCC3)CC2)cc1. The maximum absolute atomic E-state index is 13.2. The van der Waals surface area contributed by atoms with E-state index < -0.39 is 0 Å². The second-order valence-electron chi connectivity index (χ2n) is 7.39. The monoisotopic (exact) mass is 335 g/mol. The molecule has 0 spiro atoms. The van der Waals surface area contributed by atoms with Gasteiger partial charge in [0, 0.05) is 18.6 Å². The number of rotatable bonds is 3. The fraction of sp³-hybridized carbons (Fsp3) is 0.391. The highest BCUT2D eigenvalue weighted by Crippen LogP contribution is 2.43. The van der Waals surface area contributed by atoms with Gasteiger partial charge in [-0.3, -0.25) is 4.90 Å². The van der Waals surface area contributed by atoms with Crippen LogP contribution in [-0.4, -0.2) is 18.0 Å². The van der Waals surface area contributed by atoms with Gasteiger partial charge in [0.05, 0.1) is 0 Å². The Kier molecular flexibility index (Phi) is 4.72. The number of benzene rings is 2. The molecule has 2 heteroatoms. The van der Waals surface area contributed by atoms with Crippen molar-refractivity contribution in [1.82, 2.24) is 4.90 Å². The van der Waals surface area contributed by atoms with Crippen LogP contribution in [0.2, 0.25) is 0 Å². The zero-order chi connectivity index (χ0) is 17.1. The molecule has 2 aromatic rings. The van der Waals surface area contributed by atoms with Gasteiger partial charge in [0.25, 0.3) is 0 Å². The third-order valence-electron chi connectivity index (χ3n) is 6.02. The number of hydrogen-bond donors (Lipinski definition) is 0. The number of hydrogen-bond acceptors (Lipinski definition) is 1. The first-order valence-electron chi connectivity index (χ1n) is 9.53. The van der Waals surface area contributed by atoms with Crippen LogP contribution in [-0.2, 0) is 5.54 Å². The third-order valence-corrected chi connectivity index (χ3v) is 6.02. The van der Waals surface area contributed by atoms with Crippen molar-refractivity contribution in [3.05, 3.63) is 77.6 Å². The molecule has 0 N–H and O–H groups in total. The van der Waals surface area contributed by atoms with Crippen LogP contribution >= 0.6 is 0 Å². The summed E-state index contributed by atoms with van der Waals surface area (Å²) in [6, 6.07) is 18.0. The highest BCUT2D eigenvalue weighted by molar-refractivity contribution is 5.66. The zero-order valence-electron chi connectivity index (χ0n) is 14.8. The maximum Gasteiger partial charge on any atom is 0.123 e. The Bertz CT molecular complexity index is 726. The van der Waals surface area contributed by atoms with Crippen LogP contribution in [0.3, 0.4) is 0 Å². The quantitative estimate of drug-likeness (QED) is 0.688. The first-order chi connectivity index (χ1) is 12.3. The van der Waals surface area contributed by atoms with Crippen molar-refractivity contribution in [3.63, 3.8) is 0 Å². The predicted octanol–water partition coefficient (Wildman–Crippen LogP) is 5.77. The van der Waals surface area contributed by atoms with E-state index in [-0.39, 0.29) is 11.4 Å². The summed E-state index contributed by atoms with van der Waals surface area (Å²) in [4.78, 5) is 2.69. The van der Waals surface area contributed by atoms with Crippen LogP contribution in [0.25, 0.3) is 5.57 Å². The summed E-state index contributed by atoms with van der Waals surface area (Å²) in [5, 5.41) is 0. The lowest BCUT2D eigenvalue weighted by Crippen LogP contribution is -2.49. The van der Waals surface area contributed by atoms with Crippen molar-refractivity contribution in [2.45, 2.75) is 44.1 Å². The Labute approximate surface area is 150 Å². The lowest BCUT2D eigenvalue weighted by Gasteiger charge is -2.48. The van der Waals surface area contributed by atoms with Gasteiger partial charge in [-0.15, -0.1) is 0 Å². The van der Waals surface area contributed by atoms with Gasteiger partial charge in [-0.2, -0.15) is 0 Å². The molecule has 0 aromatic heterocycles. The summed E-state index contributed by atoms with van der Waals surface area (Å²) in [5.74, 6) is -0.160. The molecule has 0 amide bonds. The minimum absolute atomic E-state index is 0.160. The summed E-state index contributed by atoms with van der Waals surface area (Å²) in [7, 11) is 0. The molecule has 0 atom stereocenters. The molecule has 130 valence electrons. The molecule has 0 unspecified atom stereocenters. The average Bonchev–Trinajstić information content (AvgIpc) is 2.70. The Morgan fingerprint density at radius 3 is 2.20 bits per heavy atom. The molecule has 25 heavy (non-hydrogen) atoms. The summed E-state index contributed by atoms with van der Waals surface area (Å²) in [6.07, 6.45) is 9.92. The van der Waals surface area contributed by atoms with Crippen molar-refractivity contribution in [3.8, 4) is 0 Å². The Morgan fingerprint density at radius 2 is 1.56 bits per heavy atom. The minimum Gasteiger partial charge on any atom is -0.290 e. The number of halogens is 1. The van der Waals surface area contributed by atoms with Gasteiger partial charge < -0.3 is 0 Å². The van der Waals surface area contributed by atoms with E-state index in [4.69, 9.17) is 0 Å². The van der Waals surface area contributed by atoms with Crippen molar-refractivity contribution >= 4 is 5.57 Å². The predicted molar refractivity (Wildman–Crippen MR) is 102 cm³/mol. The summed E-state index contributed by atoms with van der Waals surface area (Å²) < 4.78 is 13.2. The molecule has 1 nitrogen and oxygen atoms in total. The van der Waals surface area contributed by atoms with E-state index in [1.165, 1.54) is 48.8 Å². The molecular weight excluding hydrogens is 309 g/mol. The second-order valence-corrected chi connectivity index (χ2v) is 7.39. The van der Waals surface area contributed by atoms with Crippen LogP contribution < -0.4 is 0 Å². The van der Waals surface area contributed by atoms with E-state index >= 15 is 0 Å². The van der Waals surface area contributed by atoms with Crippen LogP contribution in [0.1, 0.15) is 49.7 Å². The molecule has 1 heterocycles. The Morgan fingerprint density at radius 1 is 0.840 bits per heavy atom. The first-order valence-corrected chi connectivity index (χ1v) is 9.53. The largest absolute Gasteiger partial charge is 0.290 e. The topological polar surface area (TPSA) is 3.24 Å². The average molecular weight is 335 g/mol. The van der Waals surface area contributed by atoms with Gasteiger partial charge in [-0.05, 0) is 48.1 Å². The van der Waals surface area contributed by atoms with Gasteiger partial charge in [0.2, 0.25) is 0 Å². The van der Waals surface area contributed by atoms with E-state index in [1.807, 2.05) is 12.1 Å². The van der Waals surface area contributed by atoms with Crippen molar-refractivity contribution in [2.24, 2.45) is 0 Å². The molecule has 2 aliphatic rings. The zero-order valence-corrected chi connectivity index (χ0v) is 14.8. The van der Waals surface area contributed by atoms with Crippen LogP contribution in [0.15, 0.2) is 60.7 Å². The van der Waals surface area contributed by atoms with E-state index in [1.54, 1.807) is 12.1 Å². The van der Waals surface area contributed by atoms with Crippen LogP contribution in [0.5, 0.6) is 0 Å². The van der Waals surface area contributed by atoms with Crippen LogP contribution in [0.4, 0.5) is 4.39 Å². The summed E-state index contributed by atoms with van der Waals surface area (Å²) in [5.41, 5.74) is 4.20. The first kappa shape index (κ1) is 16.5. The van der Waals surface area contributed by atoms with E-state index in [0.717, 1.165) is 19.5 Å². The number of nitrogens with zero attached hydrogens (tertiary/aromatic N) is 1. The standard InChI is InChI=1S/C23H26FN/c24-22-11-9-19(10-12-22)20-13-17-25(18-14-20)23(15-5-2-6-16-23)21-7-3-1-4-8-21/h1,3-4,7-13H,2,5-6,14-18H2. The smallest absolute Gasteiger partial charge is 0.123 e. The van der Waals surface area contributed by atoms with Crippen LogP contribution in [0, 0.1) is 5.82 Å². The van der Waals surface area contributed by atoms with E-state index in [9.17, 15) is 4.39 Å².